The molecule has 118 valence electrons. The van der Waals surface area contributed by atoms with Crippen molar-refractivity contribution in [2.45, 2.75) is 32.3 Å². The molecule has 1 aliphatic rings. The zero-order valence-corrected chi connectivity index (χ0v) is 13.7. The summed E-state index contributed by atoms with van der Waals surface area (Å²) in [7, 11) is 0. The van der Waals surface area contributed by atoms with E-state index in [0.717, 1.165) is 12.1 Å². The molecule has 1 aliphatic heterocycles. The number of aryl methyl sites for hydroxylation is 1. The van der Waals surface area contributed by atoms with Crippen LogP contribution in [0.15, 0.2) is 24.3 Å². The van der Waals surface area contributed by atoms with Crippen molar-refractivity contribution in [2.24, 2.45) is 5.92 Å². The molecular weight excluding hydrogens is 288 g/mol. The van der Waals surface area contributed by atoms with Crippen LogP contribution >= 0.6 is 12.4 Å². The molecule has 2 rings (SSSR count). The van der Waals surface area contributed by atoms with Gasteiger partial charge < -0.3 is 15.7 Å². The van der Waals surface area contributed by atoms with Crippen LogP contribution in [0.5, 0.6) is 0 Å². The lowest BCUT2D eigenvalue weighted by molar-refractivity contribution is -0.125. The number of hydrogen-bond acceptors (Lipinski definition) is 3. The topological polar surface area (TPSA) is 61.4 Å². The number of amides is 1. The number of rotatable bonds is 4. The van der Waals surface area contributed by atoms with Crippen LogP contribution in [0, 0.1) is 12.8 Å². The smallest absolute Gasteiger partial charge is 0.230 e. The molecule has 1 aromatic carbocycles. The Morgan fingerprint density at radius 3 is 2.48 bits per heavy atom. The molecule has 21 heavy (non-hydrogen) atoms. The van der Waals surface area contributed by atoms with Crippen LogP contribution < -0.4 is 10.6 Å². The van der Waals surface area contributed by atoms with Crippen LogP contribution in [0.25, 0.3) is 0 Å². The number of aliphatic hydroxyl groups is 1. The summed E-state index contributed by atoms with van der Waals surface area (Å²) in [5.41, 5.74) is 1.63. The highest BCUT2D eigenvalue weighted by Crippen LogP contribution is 2.24. The lowest BCUT2D eigenvalue weighted by Crippen LogP contribution is -2.43. The van der Waals surface area contributed by atoms with Gasteiger partial charge in [0.1, 0.15) is 0 Å². The minimum atomic E-state index is -0.565. The van der Waals surface area contributed by atoms with Gasteiger partial charge in [-0.25, -0.2) is 0 Å². The molecule has 1 saturated heterocycles. The van der Waals surface area contributed by atoms with Crippen LogP contribution in [0.2, 0.25) is 0 Å². The Kier molecular flexibility index (Phi) is 6.20. The zero-order valence-electron chi connectivity index (χ0n) is 12.8. The molecule has 0 radical (unpaired) electrons. The second kappa shape index (κ2) is 7.25. The first-order chi connectivity index (χ1) is 9.41. The summed E-state index contributed by atoms with van der Waals surface area (Å²) in [4.78, 5) is 12.4. The number of benzene rings is 1. The molecule has 0 aromatic heterocycles. The Labute approximate surface area is 132 Å². The molecular formula is C16H25ClN2O2. The molecule has 0 spiro atoms. The largest absolute Gasteiger partial charge is 0.391 e. The summed E-state index contributed by atoms with van der Waals surface area (Å²) in [6.07, 6.45) is -0.363. The second-order valence-electron chi connectivity index (χ2n) is 6.19. The Morgan fingerprint density at radius 1 is 1.33 bits per heavy atom. The van der Waals surface area contributed by atoms with E-state index in [1.807, 2.05) is 45.0 Å². The van der Waals surface area contributed by atoms with Crippen LogP contribution in [-0.4, -0.2) is 36.8 Å². The van der Waals surface area contributed by atoms with Gasteiger partial charge in [0, 0.05) is 25.6 Å². The molecule has 5 heteroatoms. The number of hydrogen-bond donors (Lipinski definition) is 3. The van der Waals surface area contributed by atoms with Crippen molar-refractivity contribution in [2.75, 3.05) is 19.6 Å². The molecule has 1 fully saturated rings. The van der Waals surface area contributed by atoms with Gasteiger partial charge in [-0.1, -0.05) is 29.8 Å². The fourth-order valence-electron chi connectivity index (χ4n) is 2.47. The first-order valence-electron chi connectivity index (χ1n) is 7.15. The van der Waals surface area contributed by atoms with Crippen molar-refractivity contribution in [1.29, 1.82) is 0 Å². The van der Waals surface area contributed by atoms with Gasteiger partial charge in [0.05, 0.1) is 11.5 Å². The highest BCUT2D eigenvalue weighted by atomic mass is 35.5. The first-order valence-corrected chi connectivity index (χ1v) is 7.15. The standard InChI is InChI=1S/C16H24N2O2.ClH/c1-11-4-6-13(7-5-11)16(2,3)15(20)18-9-12-8-17-10-14(12)19;/h4-7,12,14,17,19H,8-10H2,1-3H3,(H,18,20);1H. The lowest BCUT2D eigenvalue weighted by Gasteiger charge is -2.25. The number of carbonyl (C=O) groups is 1. The number of carbonyl (C=O) groups excluding carboxylic acids is 1. The van der Waals surface area contributed by atoms with Crippen molar-refractivity contribution >= 4 is 18.3 Å². The maximum Gasteiger partial charge on any atom is 0.230 e. The molecule has 1 amide bonds. The first kappa shape index (κ1) is 18.0. The predicted molar refractivity (Wildman–Crippen MR) is 86.8 cm³/mol. The van der Waals surface area contributed by atoms with Crippen molar-refractivity contribution in [3.63, 3.8) is 0 Å². The molecule has 3 N–H and O–H groups in total. The number of halogens is 1. The Morgan fingerprint density at radius 2 is 1.95 bits per heavy atom. The average molecular weight is 313 g/mol. The SMILES string of the molecule is Cc1ccc(C(C)(C)C(=O)NCC2CNCC2O)cc1.Cl. The van der Waals surface area contributed by atoms with Gasteiger partial charge in [-0.2, -0.15) is 0 Å². The van der Waals surface area contributed by atoms with E-state index >= 15 is 0 Å². The van der Waals surface area contributed by atoms with Crippen LogP contribution in [-0.2, 0) is 10.2 Å². The quantitative estimate of drug-likeness (QED) is 0.787. The second-order valence-corrected chi connectivity index (χ2v) is 6.19. The fourth-order valence-corrected chi connectivity index (χ4v) is 2.47. The highest BCUT2D eigenvalue weighted by molar-refractivity contribution is 5.87. The van der Waals surface area contributed by atoms with E-state index < -0.39 is 5.41 Å². The normalized spacial score (nSPS) is 21.7. The minimum absolute atomic E-state index is 0. The van der Waals surface area contributed by atoms with Gasteiger partial charge >= 0.3 is 0 Å². The summed E-state index contributed by atoms with van der Waals surface area (Å²) in [5.74, 6) is 0.105. The summed E-state index contributed by atoms with van der Waals surface area (Å²) in [6.45, 7) is 7.77. The van der Waals surface area contributed by atoms with E-state index in [4.69, 9.17) is 0 Å². The van der Waals surface area contributed by atoms with Crippen molar-refractivity contribution in [3.8, 4) is 0 Å². The van der Waals surface area contributed by atoms with E-state index in [1.54, 1.807) is 0 Å². The molecule has 1 aromatic rings. The fraction of sp³-hybridized carbons (Fsp3) is 0.562. The minimum Gasteiger partial charge on any atom is -0.391 e. The third kappa shape index (κ3) is 4.19. The number of β-amino-alcohol motifs (C(OH)–C–C–N with tert-alkyl or cyclic N) is 1. The lowest BCUT2D eigenvalue weighted by atomic mass is 9.83. The molecule has 0 saturated carbocycles. The zero-order chi connectivity index (χ0) is 14.8. The van der Waals surface area contributed by atoms with Crippen molar-refractivity contribution < 1.29 is 9.90 Å². The van der Waals surface area contributed by atoms with Gasteiger partial charge in [-0.05, 0) is 26.3 Å². The maximum absolute atomic E-state index is 12.4. The molecule has 0 bridgehead atoms. The Balaban J connectivity index is 0.00000220. The van der Waals surface area contributed by atoms with E-state index in [0.29, 0.717) is 13.1 Å². The van der Waals surface area contributed by atoms with Crippen LogP contribution in [0.3, 0.4) is 0 Å². The van der Waals surface area contributed by atoms with Crippen LogP contribution in [0.1, 0.15) is 25.0 Å². The molecule has 4 nitrogen and oxygen atoms in total. The van der Waals surface area contributed by atoms with Gasteiger partial charge in [0.15, 0.2) is 0 Å². The summed E-state index contributed by atoms with van der Waals surface area (Å²) < 4.78 is 0. The van der Waals surface area contributed by atoms with Crippen LogP contribution in [0.4, 0.5) is 0 Å². The van der Waals surface area contributed by atoms with E-state index in [9.17, 15) is 9.90 Å². The predicted octanol–water partition coefficient (Wildman–Crippen LogP) is 1.39. The van der Waals surface area contributed by atoms with Gasteiger partial charge in [-0.15, -0.1) is 12.4 Å². The molecule has 1 heterocycles. The molecule has 0 aliphatic carbocycles. The Bertz CT molecular complexity index is 474. The van der Waals surface area contributed by atoms with Crippen molar-refractivity contribution in [1.82, 2.24) is 10.6 Å². The van der Waals surface area contributed by atoms with Crippen molar-refractivity contribution in [3.05, 3.63) is 35.4 Å². The monoisotopic (exact) mass is 312 g/mol. The number of nitrogens with one attached hydrogen (secondary N) is 2. The van der Waals surface area contributed by atoms with E-state index in [-0.39, 0.29) is 30.3 Å². The average Bonchev–Trinajstić information content (AvgIpc) is 2.82. The maximum atomic E-state index is 12.4. The highest BCUT2D eigenvalue weighted by Gasteiger charge is 2.31. The van der Waals surface area contributed by atoms with Gasteiger partial charge in [-0.3, -0.25) is 4.79 Å². The summed E-state index contributed by atoms with van der Waals surface area (Å²) >= 11 is 0. The Hall–Kier alpha value is -1.10. The summed E-state index contributed by atoms with van der Waals surface area (Å²) in [6, 6.07) is 8.05. The molecule has 2 unspecified atom stereocenters. The third-order valence-electron chi connectivity index (χ3n) is 4.17. The summed E-state index contributed by atoms with van der Waals surface area (Å²) in [5, 5.41) is 15.8. The van der Waals surface area contributed by atoms with E-state index in [2.05, 4.69) is 10.6 Å². The van der Waals surface area contributed by atoms with Gasteiger partial charge in [0.2, 0.25) is 5.91 Å². The number of aliphatic hydroxyl groups excluding tert-OH is 1. The molecule has 2 atom stereocenters. The van der Waals surface area contributed by atoms with Gasteiger partial charge in [0.25, 0.3) is 0 Å². The van der Waals surface area contributed by atoms with E-state index in [1.165, 1.54) is 5.56 Å². The third-order valence-corrected chi connectivity index (χ3v) is 4.17.